The molecule has 1 aromatic rings. The quantitative estimate of drug-likeness (QED) is 0.686. The smallest absolute Gasteiger partial charge is 0.159 e. The van der Waals surface area contributed by atoms with E-state index in [4.69, 9.17) is 21.7 Å². The molecule has 2 rings (SSSR count). The van der Waals surface area contributed by atoms with Crippen LogP contribution >= 0.6 is 11.6 Å². The van der Waals surface area contributed by atoms with E-state index in [1.807, 2.05) is 0 Å². The highest BCUT2D eigenvalue weighted by atomic mass is 35.5. The highest BCUT2D eigenvalue weighted by molar-refractivity contribution is 6.31. The average molecular weight is 209 g/mol. The van der Waals surface area contributed by atoms with Crippen LogP contribution in [0.25, 0.3) is 0 Å². The van der Waals surface area contributed by atoms with Crippen LogP contribution in [0, 0.1) is 5.41 Å². The minimum absolute atomic E-state index is 0.314. The van der Waals surface area contributed by atoms with Crippen molar-refractivity contribution in [2.45, 2.75) is 0 Å². The Kier molecular flexibility index (Phi) is 2.17. The molecule has 0 saturated carbocycles. The normalized spacial score (nSPS) is 15.2. The maximum absolute atomic E-state index is 7.80. The Morgan fingerprint density at radius 3 is 3.07 bits per heavy atom. The molecule has 0 aliphatic carbocycles. The highest BCUT2D eigenvalue weighted by Crippen LogP contribution is 2.26. The first-order valence-corrected chi connectivity index (χ1v) is 4.50. The monoisotopic (exact) mass is 208 g/mol. The van der Waals surface area contributed by atoms with Gasteiger partial charge in [0.15, 0.2) is 6.73 Å². The van der Waals surface area contributed by atoms with Gasteiger partial charge in [-0.05, 0) is 18.2 Å². The summed E-state index contributed by atoms with van der Waals surface area (Å²) in [6.45, 7) is 4.04. The molecule has 0 radical (unpaired) electrons. The highest BCUT2D eigenvalue weighted by Gasteiger charge is 2.15. The summed E-state index contributed by atoms with van der Waals surface area (Å²) in [5.41, 5.74) is 1.62. The molecule has 4 heteroatoms. The van der Waals surface area contributed by atoms with Crippen LogP contribution in [0.2, 0.25) is 5.02 Å². The van der Waals surface area contributed by atoms with E-state index in [9.17, 15) is 0 Å². The number of nitrogens with one attached hydrogen (secondary N) is 2. The summed E-state index contributed by atoms with van der Waals surface area (Å²) in [6, 6.07) is 5.20. The molecule has 0 saturated heterocycles. The zero-order valence-corrected chi connectivity index (χ0v) is 8.19. The zero-order valence-electron chi connectivity index (χ0n) is 7.43. The van der Waals surface area contributed by atoms with Crippen molar-refractivity contribution in [1.29, 1.82) is 5.41 Å². The maximum Gasteiger partial charge on any atom is 0.159 e. The second kappa shape index (κ2) is 3.35. The van der Waals surface area contributed by atoms with Crippen molar-refractivity contribution in [2.24, 2.45) is 0 Å². The molecule has 72 valence electrons. The van der Waals surface area contributed by atoms with Gasteiger partial charge in [0, 0.05) is 10.6 Å². The molecule has 0 amide bonds. The Bertz CT molecular complexity index is 415. The Labute approximate surface area is 86.8 Å². The van der Waals surface area contributed by atoms with Crippen LogP contribution in [0.4, 0.5) is 0 Å². The molecular weight excluding hydrogens is 200 g/mol. The van der Waals surface area contributed by atoms with Gasteiger partial charge in [0.1, 0.15) is 5.75 Å². The zero-order chi connectivity index (χ0) is 10.1. The number of allylic oxidation sites excluding steroid dienone is 1. The molecule has 0 spiro atoms. The SMILES string of the molecule is C=C1NCOc2cc(Cl)ccc2C1=N. The standard InChI is InChI=1S/C10H9ClN2O/c1-6-10(12)8-3-2-7(11)4-9(8)14-5-13-6/h2-4,12-13H,1,5H2. The molecule has 1 heterocycles. The first-order valence-electron chi connectivity index (χ1n) is 4.13. The van der Waals surface area contributed by atoms with E-state index in [2.05, 4.69) is 11.9 Å². The Balaban J connectivity index is 2.53. The molecular formula is C10H9ClN2O. The van der Waals surface area contributed by atoms with Gasteiger partial charge in [-0.3, -0.25) is 5.41 Å². The molecule has 14 heavy (non-hydrogen) atoms. The molecule has 0 unspecified atom stereocenters. The molecule has 0 fully saturated rings. The summed E-state index contributed by atoms with van der Waals surface area (Å²) in [6.07, 6.45) is 0. The van der Waals surface area contributed by atoms with Crippen LogP contribution < -0.4 is 10.1 Å². The molecule has 2 N–H and O–H groups in total. The Morgan fingerprint density at radius 1 is 1.50 bits per heavy atom. The first-order chi connectivity index (χ1) is 6.68. The summed E-state index contributed by atoms with van der Waals surface area (Å²) in [7, 11) is 0. The predicted molar refractivity (Wildman–Crippen MR) is 56.1 cm³/mol. The second-order valence-electron chi connectivity index (χ2n) is 2.96. The molecule has 0 aromatic heterocycles. The molecule has 1 aliphatic heterocycles. The second-order valence-corrected chi connectivity index (χ2v) is 3.40. The number of rotatable bonds is 0. The maximum atomic E-state index is 7.80. The van der Waals surface area contributed by atoms with E-state index >= 15 is 0 Å². The van der Waals surface area contributed by atoms with E-state index in [1.54, 1.807) is 18.2 Å². The lowest BCUT2D eigenvalue weighted by Crippen LogP contribution is -2.19. The van der Waals surface area contributed by atoms with Crippen molar-refractivity contribution in [2.75, 3.05) is 6.73 Å². The van der Waals surface area contributed by atoms with E-state index in [0.717, 1.165) is 0 Å². The van der Waals surface area contributed by atoms with Crippen molar-refractivity contribution < 1.29 is 4.74 Å². The third kappa shape index (κ3) is 1.46. The van der Waals surface area contributed by atoms with E-state index in [-0.39, 0.29) is 0 Å². The van der Waals surface area contributed by atoms with Crippen LogP contribution in [-0.2, 0) is 0 Å². The number of hydrogen-bond donors (Lipinski definition) is 2. The van der Waals surface area contributed by atoms with Gasteiger partial charge in [0.05, 0.1) is 11.4 Å². The van der Waals surface area contributed by atoms with Crippen molar-refractivity contribution in [3.05, 3.63) is 41.1 Å². The summed E-state index contributed by atoms with van der Waals surface area (Å²) >= 11 is 5.82. The van der Waals surface area contributed by atoms with Crippen LogP contribution in [0.1, 0.15) is 5.56 Å². The van der Waals surface area contributed by atoms with Gasteiger partial charge >= 0.3 is 0 Å². The number of benzene rings is 1. The van der Waals surface area contributed by atoms with E-state index < -0.39 is 0 Å². The van der Waals surface area contributed by atoms with Crippen molar-refractivity contribution in [3.8, 4) is 5.75 Å². The number of halogens is 1. The summed E-state index contributed by atoms with van der Waals surface area (Å²) in [5, 5.41) is 11.3. The van der Waals surface area contributed by atoms with Gasteiger partial charge in [-0.25, -0.2) is 0 Å². The summed E-state index contributed by atoms with van der Waals surface area (Å²) in [5.74, 6) is 0.619. The van der Waals surface area contributed by atoms with Crippen LogP contribution in [0.3, 0.4) is 0 Å². The fourth-order valence-electron chi connectivity index (χ4n) is 1.27. The molecule has 1 aromatic carbocycles. The lowest BCUT2D eigenvalue weighted by atomic mass is 10.1. The Morgan fingerprint density at radius 2 is 2.29 bits per heavy atom. The van der Waals surface area contributed by atoms with Crippen LogP contribution in [-0.4, -0.2) is 12.4 Å². The molecule has 0 atom stereocenters. The molecule has 3 nitrogen and oxygen atoms in total. The van der Waals surface area contributed by atoms with E-state index in [0.29, 0.717) is 34.5 Å². The van der Waals surface area contributed by atoms with Gasteiger partial charge in [-0.2, -0.15) is 0 Å². The molecule has 0 bridgehead atoms. The summed E-state index contributed by atoms with van der Waals surface area (Å²) in [4.78, 5) is 0. The van der Waals surface area contributed by atoms with Gasteiger partial charge in [0.2, 0.25) is 0 Å². The number of hydrogen-bond acceptors (Lipinski definition) is 3. The first kappa shape index (κ1) is 9.09. The summed E-state index contributed by atoms with van der Waals surface area (Å²) < 4.78 is 5.37. The Hall–Kier alpha value is -1.48. The largest absolute Gasteiger partial charge is 0.473 e. The van der Waals surface area contributed by atoms with E-state index in [1.165, 1.54) is 0 Å². The minimum Gasteiger partial charge on any atom is -0.473 e. The van der Waals surface area contributed by atoms with Crippen molar-refractivity contribution >= 4 is 17.3 Å². The average Bonchev–Trinajstić information content (AvgIpc) is 2.28. The van der Waals surface area contributed by atoms with Crippen molar-refractivity contribution in [3.63, 3.8) is 0 Å². The van der Waals surface area contributed by atoms with Gasteiger partial charge in [-0.15, -0.1) is 0 Å². The van der Waals surface area contributed by atoms with Crippen LogP contribution in [0.5, 0.6) is 5.75 Å². The third-order valence-corrected chi connectivity index (χ3v) is 2.26. The predicted octanol–water partition coefficient (Wildman–Crippen LogP) is 2.16. The van der Waals surface area contributed by atoms with Gasteiger partial charge in [-0.1, -0.05) is 18.2 Å². The lowest BCUT2D eigenvalue weighted by molar-refractivity contribution is 0.303. The van der Waals surface area contributed by atoms with Gasteiger partial charge in [0.25, 0.3) is 0 Å². The number of ether oxygens (including phenoxy) is 1. The number of fused-ring (bicyclic) bond motifs is 1. The van der Waals surface area contributed by atoms with Crippen LogP contribution in [0.15, 0.2) is 30.5 Å². The lowest BCUT2D eigenvalue weighted by Gasteiger charge is -2.05. The van der Waals surface area contributed by atoms with Crippen molar-refractivity contribution in [1.82, 2.24) is 5.32 Å². The molecule has 1 aliphatic rings. The third-order valence-electron chi connectivity index (χ3n) is 2.03. The van der Waals surface area contributed by atoms with Gasteiger partial charge < -0.3 is 10.1 Å². The topological polar surface area (TPSA) is 45.1 Å². The minimum atomic E-state index is 0.314. The fourth-order valence-corrected chi connectivity index (χ4v) is 1.44. The fraction of sp³-hybridized carbons (Fsp3) is 0.100.